The number of fused-ring (bicyclic) bond motifs is 1. The van der Waals surface area contributed by atoms with E-state index in [-0.39, 0.29) is 5.56 Å². The number of nitrogens with zero attached hydrogens (tertiary/aromatic N) is 2. The highest BCUT2D eigenvalue weighted by Gasteiger charge is 2.27. The number of hydrogen-bond donors (Lipinski definition) is 1. The van der Waals surface area contributed by atoms with Crippen molar-refractivity contribution in [3.63, 3.8) is 0 Å². The van der Waals surface area contributed by atoms with Crippen LogP contribution in [0.4, 0.5) is 0 Å². The summed E-state index contributed by atoms with van der Waals surface area (Å²) in [6.45, 7) is 3.56. The van der Waals surface area contributed by atoms with Crippen molar-refractivity contribution in [3.05, 3.63) is 76.3 Å². The Labute approximate surface area is 153 Å². The average molecular weight is 347 g/mol. The summed E-state index contributed by atoms with van der Waals surface area (Å²) in [7, 11) is 0. The van der Waals surface area contributed by atoms with Crippen LogP contribution < -0.4 is 10.9 Å². The molecular formula is C22H25N3O. The molecule has 134 valence electrons. The van der Waals surface area contributed by atoms with Crippen molar-refractivity contribution < 1.29 is 0 Å². The molecule has 2 atom stereocenters. The van der Waals surface area contributed by atoms with Gasteiger partial charge in [0, 0.05) is 19.1 Å². The van der Waals surface area contributed by atoms with E-state index in [4.69, 9.17) is 0 Å². The summed E-state index contributed by atoms with van der Waals surface area (Å²) in [5, 5.41) is 4.37. The molecule has 1 fully saturated rings. The van der Waals surface area contributed by atoms with E-state index in [1.54, 1.807) is 10.9 Å². The molecule has 1 heterocycles. The van der Waals surface area contributed by atoms with Gasteiger partial charge in [0.2, 0.25) is 0 Å². The van der Waals surface area contributed by atoms with E-state index < -0.39 is 0 Å². The number of aryl methyl sites for hydroxylation is 1. The summed E-state index contributed by atoms with van der Waals surface area (Å²) in [5.74, 6) is 0.571. The fourth-order valence-corrected chi connectivity index (χ4v) is 4.05. The molecule has 1 N–H and O–H groups in total. The predicted octanol–water partition coefficient (Wildman–Crippen LogP) is 3.63. The lowest BCUT2D eigenvalue weighted by Crippen LogP contribution is -2.35. The third-order valence-electron chi connectivity index (χ3n) is 5.51. The van der Waals surface area contributed by atoms with E-state index >= 15 is 0 Å². The Balaban J connectivity index is 1.42. The van der Waals surface area contributed by atoms with Crippen molar-refractivity contribution in [2.24, 2.45) is 0 Å². The Hall–Kier alpha value is -2.46. The molecule has 0 bridgehead atoms. The SMILES string of the molecule is Cc1ccc(C2CCCC2NCCn2cnc3ccccc3c2=O)cc1. The van der Waals surface area contributed by atoms with Crippen LogP contribution in [0.1, 0.15) is 36.3 Å². The minimum atomic E-state index is 0.0407. The molecule has 0 amide bonds. The number of para-hydroxylation sites is 1. The van der Waals surface area contributed by atoms with Gasteiger partial charge in [0.05, 0.1) is 17.2 Å². The largest absolute Gasteiger partial charge is 0.312 e. The number of benzene rings is 2. The first-order valence-corrected chi connectivity index (χ1v) is 9.46. The zero-order chi connectivity index (χ0) is 17.9. The van der Waals surface area contributed by atoms with Crippen LogP contribution in [0.2, 0.25) is 0 Å². The summed E-state index contributed by atoms with van der Waals surface area (Å²) in [6, 6.07) is 16.9. The first-order chi connectivity index (χ1) is 12.7. The van der Waals surface area contributed by atoms with Crippen molar-refractivity contribution in [2.75, 3.05) is 6.54 Å². The molecule has 1 saturated carbocycles. The second-order valence-electron chi connectivity index (χ2n) is 7.27. The van der Waals surface area contributed by atoms with Crippen LogP contribution in [0.15, 0.2) is 59.7 Å². The standard InChI is InChI=1S/C22H25N3O/c1-16-9-11-17(12-10-16)18-6-4-8-20(18)23-13-14-25-15-24-21-7-3-2-5-19(21)22(25)26/h2-3,5,7,9-12,15,18,20,23H,4,6,8,13-14H2,1H3. The summed E-state index contributed by atoms with van der Waals surface area (Å²) >= 11 is 0. The van der Waals surface area contributed by atoms with Gasteiger partial charge in [-0.25, -0.2) is 4.98 Å². The average Bonchev–Trinajstić information content (AvgIpc) is 3.13. The van der Waals surface area contributed by atoms with Crippen molar-refractivity contribution >= 4 is 10.9 Å². The van der Waals surface area contributed by atoms with Crippen molar-refractivity contribution in [1.29, 1.82) is 0 Å². The first-order valence-electron chi connectivity index (χ1n) is 9.46. The van der Waals surface area contributed by atoms with Crippen molar-refractivity contribution in [3.8, 4) is 0 Å². The summed E-state index contributed by atoms with van der Waals surface area (Å²) < 4.78 is 1.71. The Morgan fingerprint density at radius 2 is 1.92 bits per heavy atom. The summed E-state index contributed by atoms with van der Waals surface area (Å²) in [5.41, 5.74) is 3.53. The van der Waals surface area contributed by atoms with Gasteiger partial charge in [0.25, 0.3) is 5.56 Å². The minimum Gasteiger partial charge on any atom is -0.312 e. The molecule has 4 nitrogen and oxygen atoms in total. The molecular weight excluding hydrogens is 322 g/mol. The highest BCUT2D eigenvalue weighted by atomic mass is 16.1. The molecule has 4 heteroatoms. The van der Waals surface area contributed by atoms with Gasteiger partial charge in [-0.2, -0.15) is 0 Å². The molecule has 26 heavy (non-hydrogen) atoms. The first kappa shape index (κ1) is 17.0. The van der Waals surface area contributed by atoms with E-state index in [9.17, 15) is 4.79 Å². The third kappa shape index (κ3) is 3.42. The Kier molecular flexibility index (Phi) is 4.85. The monoisotopic (exact) mass is 347 g/mol. The molecule has 4 rings (SSSR count). The molecule has 2 aromatic carbocycles. The Bertz CT molecular complexity index is 946. The quantitative estimate of drug-likeness (QED) is 0.767. The van der Waals surface area contributed by atoms with Crippen LogP contribution in [0.5, 0.6) is 0 Å². The van der Waals surface area contributed by atoms with E-state index in [0.717, 1.165) is 12.1 Å². The van der Waals surface area contributed by atoms with Crippen molar-refractivity contribution in [2.45, 2.75) is 44.7 Å². The van der Waals surface area contributed by atoms with Gasteiger partial charge in [-0.3, -0.25) is 9.36 Å². The van der Waals surface area contributed by atoms with Crippen molar-refractivity contribution in [1.82, 2.24) is 14.9 Å². The molecule has 0 saturated heterocycles. The highest BCUT2D eigenvalue weighted by molar-refractivity contribution is 5.76. The number of rotatable bonds is 5. The van der Waals surface area contributed by atoms with E-state index in [2.05, 4.69) is 41.5 Å². The van der Waals surface area contributed by atoms with Gasteiger partial charge in [0.15, 0.2) is 0 Å². The molecule has 0 aliphatic heterocycles. The zero-order valence-corrected chi connectivity index (χ0v) is 15.2. The number of nitrogens with one attached hydrogen (secondary N) is 1. The van der Waals surface area contributed by atoms with E-state index in [1.807, 2.05) is 24.3 Å². The second-order valence-corrected chi connectivity index (χ2v) is 7.27. The van der Waals surface area contributed by atoms with Crippen LogP contribution in [-0.4, -0.2) is 22.1 Å². The summed E-state index contributed by atoms with van der Waals surface area (Å²) in [4.78, 5) is 17.0. The Morgan fingerprint density at radius 3 is 2.77 bits per heavy atom. The third-order valence-corrected chi connectivity index (χ3v) is 5.51. The predicted molar refractivity (Wildman–Crippen MR) is 106 cm³/mol. The van der Waals surface area contributed by atoms with Gasteiger partial charge in [0.1, 0.15) is 0 Å². The normalized spacial score (nSPS) is 19.9. The van der Waals surface area contributed by atoms with E-state index in [1.165, 1.54) is 30.4 Å². The maximum absolute atomic E-state index is 12.6. The maximum Gasteiger partial charge on any atom is 0.261 e. The van der Waals surface area contributed by atoms with Crippen LogP contribution in [0.25, 0.3) is 10.9 Å². The van der Waals surface area contributed by atoms with Gasteiger partial charge >= 0.3 is 0 Å². The zero-order valence-electron chi connectivity index (χ0n) is 15.2. The van der Waals surface area contributed by atoms with E-state index in [0.29, 0.717) is 23.9 Å². The molecule has 0 spiro atoms. The van der Waals surface area contributed by atoms with Gasteiger partial charge < -0.3 is 5.32 Å². The number of aromatic nitrogens is 2. The molecule has 0 radical (unpaired) electrons. The molecule has 2 unspecified atom stereocenters. The van der Waals surface area contributed by atoms with Crippen LogP contribution in [-0.2, 0) is 6.54 Å². The van der Waals surface area contributed by atoms with Gasteiger partial charge in [-0.1, -0.05) is 48.4 Å². The second kappa shape index (κ2) is 7.42. The maximum atomic E-state index is 12.6. The molecule has 1 aliphatic rings. The minimum absolute atomic E-state index is 0.0407. The fraction of sp³-hybridized carbons (Fsp3) is 0.364. The molecule has 3 aromatic rings. The van der Waals surface area contributed by atoms with Crippen LogP contribution >= 0.6 is 0 Å². The van der Waals surface area contributed by atoms with Gasteiger partial charge in [-0.15, -0.1) is 0 Å². The Morgan fingerprint density at radius 1 is 1.12 bits per heavy atom. The lowest BCUT2D eigenvalue weighted by molar-refractivity contribution is 0.457. The van der Waals surface area contributed by atoms with Gasteiger partial charge in [-0.05, 0) is 43.4 Å². The highest BCUT2D eigenvalue weighted by Crippen LogP contribution is 2.34. The fourth-order valence-electron chi connectivity index (χ4n) is 4.05. The lowest BCUT2D eigenvalue weighted by atomic mass is 9.93. The smallest absolute Gasteiger partial charge is 0.261 e. The molecule has 1 aromatic heterocycles. The lowest BCUT2D eigenvalue weighted by Gasteiger charge is -2.22. The van der Waals surface area contributed by atoms with Crippen LogP contribution in [0, 0.1) is 6.92 Å². The topological polar surface area (TPSA) is 46.9 Å². The van der Waals surface area contributed by atoms with Crippen LogP contribution in [0.3, 0.4) is 0 Å². The molecule has 1 aliphatic carbocycles. The number of hydrogen-bond acceptors (Lipinski definition) is 3. The summed E-state index contributed by atoms with van der Waals surface area (Å²) in [6.07, 6.45) is 5.35.